The van der Waals surface area contributed by atoms with Gasteiger partial charge in [-0.15, -0.1) is 12.4 Å². The first kappa shape index (κ1) is 17.4. The lowest BCUT2D eigenvalue weighted by atomic mass is 10.0. The van der Waals surface area contributed by atoms with Gasteiger partial charge in [0.05, 0.1) is 5.56 Å². The molecule has 1 unspecified atom stereocenters. The van der Waals surface area contributed by atoms with E-state index in [1.807, 2.05) is 11.9 Å². The zero-order valence-corrected chi connectivity index (χ0v) is 13.1. The first-order valence-corrected chi connectivity index (χ1v) is 6.80. The summed E-state index contributed by atoms with van der Waals surface area (Å²) in [6, 6.07) is 3.58. The fourth-order valence-electron chi connectivity index (χ4n) is 2.36. The van der Waals surface area contributed by atoms with Crippen molar-refractivity contribution in [2.24, 2.45) is 0 Å². The van der Waals surface area contributed by atoms with Crippen molar-refractivity contribution in [3.63, 3.8) is 0 Å². The number of hydrogen-bond acceptors (Lipinski definition) is 4. The Labute approximate surface area is 130 Å². The second kappa shape index (κ2) is 7.95. The SMILES string of the molecule is CNC(=O)c1ccc(C(=O)N2CCCC(NC)C2)cn1.Cl. The zero-order valence-electron chi connectivity index (χ0n) is 12.3. The number of rotatable bonds is 3. The molecule has 7 heteroatoms. The molecular weight excluding hydrogens is 292 g/mol. The summed E-state index contributed by atoms with van der Waals surface area (Å²) in [5.74, 6) is -0.280. The van der Waals surface area contributed by atoms with Crippen LogP contribution in [-0.4, -0.2) is 54.9 Å². The minimum absolute atomic E-state index is 0. The van der Waals surface area contributed by atoms with Gasteiger partial charge in [-0.05, 0) is 32.0 Å². The quantitative estimate of drug-likeness (QED) is 0.861. The highest BCUT2D eigenvalue weighted by atomic mass is 35.5. The van der Waals surface area contributed by atoms with Gasteiger partial charge in [-0.3, -0.25) is 14.6 Å². The molecule has 0 spiro atoms. The molecule has 1 atom stereocenters. The normalized spacial score (nSPS) is 17.8. The van der Waals surface area contributed by atoms with Gasteiger partial charge in [-0.25, -0.2) is 0 Å². The van der Waals surface area contributed by atoms with Crippen LogP contribution >= 0.6 is 12.4 Å². The molecule has 0 aliphatic carbocycles. The van der Waals surface area contributed by atoms with E-state index in [1.54, 1.807) is 19.2 Å². The number of pyridine rings is 1. The predicted octanol–water partition coefficient (Wildman–Crippen LogP) is 0.687. The summed E-state index contributed by atoms with van der Waals surface area (Å²) in [4.78, 5) is 29.6. The maximum atomic E-state index is 12.4. The summed E-state index contributed by atoms with van der Waals surface area (Å²) in [5.41, 5.74) is 0.838. The number of amides is 2. The van der Waals surface area contributed by atoms with E-state index in [2.05, 4.69) is 15.6 Å². The van der Waals surface area contributed by atoms with Crippen LogP contribution < -0.4 is 10.6 Å². The molecule has 6 nitrogen and oxygen atoms in total. The van der Waals surface area contributed by atoms with Gasteiger partial charge < -0.3 is 15.5 Å². The molecule has 1 aromatic rings. The molecule has 2 N–H and O–H groups in total. The number of aromatic nitrogens is 1. The second-order valence-electron chi connectivity index (χ2n) is 4.89. The highest BCUT2D eigenvalue weighted by Gasteiger charge is 2.23. The van der Waals surface area contributed by atoms with Crippen molar-refractivity contribution in [3.8, 4) is 0 Å². The van der Waals surface area contributed by atoms with Crippen molar-refractivity contribution in [1.82, 2.24) is 20.5 Å². The van der Waals surface area contributed by atoms with Crippen LogP contribution in [0.15, 0.2) is 18.3 Å². The fourth-order valence-corrected chi connectivity index (χ4v) is 2.36. The van der Waals surface area contributed by atoms with Crippen LogP contribution in [0.3, 0.4) is 0 Å². The summed E-state index contributed by atoms with van der Waals surface area (Å²) in [6.45, 7) is 1.49. The molecule has 0 saturated carbocycles. The monoisotopic (exact) mass is 312 g/mol. The topological polar surface area (TPSA) is 74.3 Å². The smallest absolute Gasteiger partial charge is 0.269 e. The maximum Gasteiger partial charge on any atom is 0.269 e. The first-order valence-electron chi connectivity index (χ1n) is 6.80. The lowest BCUT2D eigenvalue weighted by molar-refractivity contribution is 0.0697. The van der Waals surface area contributed by atoms with Crippen LogP contribution in [0.4, 0.5) is 0 Å². The summed E-state index contributed by atoms with van der Waals surface area (Å²) in [5, 5.41) is 5.71. The molecule has 0 bridgehead atoms. The molecule has 0 radical (unpaired) electrons. The van der Waals surface area contributed by atoms with E-state index in [1.165, 1.54) is 6.20 Å². The number of likely N-dealkylation sites (N-methyl/N-ethyl adjacent to an activating group) is 1. The van der Waals surface area contributed by atoms with Crippen LogP contribution in [0.25, 0.3) is 0 Å². The van der Waals surface area contributed by atoms with E-state index in [-0.39, 0.29) is 24.2 Å². The minimum Gasteiger partial charge on any atom is -0.354 e. The first-order chi connectivity index (χ1) is 9.65. The number of nitrogens with one attached hydrogen (secondary N) is 2. The molecule has 2 amide bonds. The Bertz CT molecular complexity index is 492. The van der Waals surface area contributed by atoms with Crippen LogP contribution in [-0.2, 0) is 0 Å². The Balaban J connectivity index is 0.00000220. The van der Waals surface area contributed by atoms with E-state index < -0.39 is 0 Å². The third kappa shape index (κ3) is 4.15. The molecular formula is C14H21ClN4O2. The molecule has 21 heavy (non-hydrogen) atoms. The van der Waals surface area contributed by atoms with Crippen molar-refractivity contribution in [2.45, 2.75) is 18.9 Å². The molecule has 1 aliphatic rings. The number of piperidine rings is 1. The Hall–Kier alpha value is -1.66. The van der Waals surface area contributed by atoms with Crippen LogP contribution in [0.2, 0.25) is 0 Å². The standard InChI is InChI=1S/C14H20N4O2.ClH/c1-15-11-4-3-7-18(9-11)14(20)10-5-6-12(17-8-10)13(19)16-2;/h5-6,8,11,15H,3-4,7,9H2,1-2H3,(H,16,19);1H. The number of hydrogen-bond donors (Lipinski definition) is 2. The summed E-state index contributed by atoms with van der Waals surface area (Å²) >= 11 is 0. The summed E-state index contributed by atoms with van der Waals surface area (Å²) in [6.07, 6.45) is 3.56. The third-order valence-electron chi connectivity index (χ3n) is 3.59. The van der Waals surface area contributed by atoms with Gasteiger partial charge in [0.25, 0.3) is 11.8 Å². The number of halogens is 1. The molecule has 1 saturated heterocycles. The van der Waals surface area contributed by atoms with Gasteiger partial charge in [0.1, 0.15) is 5.69 Å². The van der Waals surface area contributed by atoms with Gasteiger partial charge >= 0.3 is 0 Å². The highest BCUT2D eigenvalue weighted by molar-refractivity contribution is 5.96. The summed E-state index contributed by atoms with van der Waals surface area (Å²) < 4.78 is 0. The van der Waals surface area contributed by atoms with E-state index in [4.69, 9.17) is 0 Å². The number of carbonyl (C=O) groups excluding carboxylic acids is 2. The molecule has 116 valence electrons. The van der Waals surface area contributed by atoms with E-state index in [0.29, 0.717) is 23.8 Å². The number of nitrogens with zero attached hydrogens (tertiary/aromatic N) is 2. The largest absolute Gasteiger partial charge is 0.354 e. The molecule has 1 aromatic heterocycles. The molecule has 0 aromatic carbocycles. The Kier molecular flexibility index (Phi) is 6.58. The molecule has 2 rings (SSSR count). The van der Waals surface area contributed by atoms with Crippen LogP contribution in [0.1, 0.15) is 33.7 Å². The van der Waals surface area contributed by atoms with Crippen molar-refractivity contribution in [1.29, 1.82) is 0 Å². The second-order valence-corrected chi connectivity index (χ2v) is 4.89. The lowest BCUT2D eigenvalue weighted by Crippen LogP contribution is -2.47. The van der Waals surface area contributed by atoms with Gasteiger partial charge in [0.15, 0.2) is 0 Å². The van der Waals surface area contributed by atoms with Gasteiger partial charge in [-0.2, -0.15) is 0 Å². The Morgan fingerprint density at radius 1 is 1.33 bits per heavy atom. The lowest BCUT2D eigenvalue weighted by Gasteiger charge is -2.32. The van der Waals surface area contributed by atoms with Gasteiger partial charge in [0, 0.05) is 32.4 Å². The van der Waals surface area contributed by atoms with E-state index in [9.17, 15) is 9.59 Å². The Morgan fingerprint density at radius 3 is 2.67 bits per heavy atom. The Morgan fingerprint density at radius 2 is 2.10 bits per heavy atom. The average Bonchev–Trinajstić information content (AvgIpc) is 2.53. The van der Waals surface area contributed by atoms with E-state index in [0.717, 1.165) is 19.4 Å². The van der Waals surface area contributed by atoms with Crippen LogP contribution in [0.5, 0.6) is 0 Å². The van der Waals surface area contributed by atoms with Gasteiger partial charge in [0.2, 0.25) is 0 Å². The fraction of sp³-hybridized carbons (Fsp3) is 0.500. The van der Waals surface area contributed by atoms with Crippen molar-refractivity contribution in [2.75, 3.05) is 27.2 Å². The number of carbonyl (C=O) groups is 2. The third-order valence-corrected chi connectivity index (χ3v) is 3.59. The maximum absolute atomic E-state index is 12.4. The van der Waals surface area contributed by atoms with Crippen molar-refractivity contribution >= 4 is 24.2 Å². The van der Waals surface area contributed by atoms with Crippen molar-refractivity contribution < 1.29 is 9.59 Å². The molecule has 1 fully saturated rings. The molecule has 2 heterocycles. The molecule has 1 aliphatic heterocycles. The summed E-state index contributed by atoms with van der Waals surface area (Å²) in [7, 11) is 3.47. The average molecular weight is 313 g/mol. The van der Waals surface area contributed by atoms with E-state index >= 15 is 0 Å². The zero-order chi connectivity index (χ0) is 14.5. The highest BCUT2D eigenvalue weighted by Crippen LogP contribution is 2.13. The minimum atomic E-state index is -0.253. The number of likely N-dealkylation sites (tertiary alicyclic amines) is 1. The van der Waals surface area contributed by atoms with Crippen LogP contribution in [0, 0.1) is 0 Å². The van der Waals surface area contributed by atoms with Crippen molar-refractivity contribution in [3.05, 3.63) is 29.6 Å². The predicted molar refractivity (Wildman–Crippen MR) is 82.9 cm³/mol. The van der Waals surface area contributed by atoms with Gasteiger partial charge in [-0.1, -0.05) is 0 Å².